The Morgan fingerprint density at radius 2 is 1.71 bits per heavy atom. The molecule has 1 aromatic rings. The smallest absolute Gasteiger partial charge is 0.474 e. The number of phosphoric ester groups is 1. The minimum Gasteiger partial charge on any atom is -0.506 e. The Morgan fingerprint density at radius 1 is 1.24 bits per heavy atom. The Kier molecular flexibility index (Phi) is 5.63. The first-order valence-corrected chi connectivity index (χ1v) is 7.49. The van der Waals surface area contributed by atoms with Crippen molar-refractivity contribution >= 4 is 39.7 Å². The Labute approximate surface area is 116 Å². The molecule has 1 rings (SSSR count). The summed E-state index contributed by atoms with van der Waals surface area (Å²) in [6.07, 6.45) is 0. The van der Waals surface area contributed by atoms with Crippen LogP contribution in [0.3, 0.4) is 0 Å². The molecule has 0 spiro atoms. The summed E-state index contributed by atoms with van der Waals surface area (Å²) >= 11 is 6.37. The van der Waals surface area contributed by atoms with E-state index in [-0.39, 0.29) is 12.4 Å². The lowest BCUT2D eigenvalue weighted by Gasteiger charge is -2.13. The fourth-order valence-corrected chi connectivity index (χ4v) is 2.98. The standard InChI is InChI=1S/C9H11Br2O5P/c1-14-17(13,15-2)16-5-6-3-7(10)9(12)8(11)4-6/h3-4,12H,5H2,1-2H3. The van der Waals surface area contributed by atoms with Gasteiger partial charge in [-0.1, -0.05) is 0 Å². The number of hydrogen-bond donors (Lipinski definition) is 1. The second kappa shape index (κ2) is 6.31. The maximum Gasteiger partial charge on any atom is 0.474 e. The van der Waals surface area contributed by atoms with Gasteiger partial charge in [0, 0.05) is 14.2 Å². The summed E-state index contributed by atoms with van der Waals surface area (Å²) in [4.78, 5) is 0. The van der Waals surface area contributed by atoms with Gasteiger partial charge < -0.3 is 5.11 Å². The van der Waals surface area contributed by atoms with Crippen LogP contribution in [0.1, 0.15) is 5.56 Å². The molecule has 5 nitrogen and oxygen atoms in total. The van der Waals surface area contributed by atoms with Gasteiger partial charge >= 0.3 is 7.82 Å². The minimum absolute atomic E-state index is 0.0381. The molecule has 0 aliphatic carbocycles. The van der Waals surface area contributed by atoms with E-state index in [4.69, 9.17) is 4.52 Å². The first kappa shape index (κ1) is 15.1. The second-order valence-electron chi connectivity index (χ2n) is 2.99. The summed E-state index contributed by atoms with van der Waals surface area (Å²) in [6.45, 7) is 0.0381. The van der Waals surface area contributed by atoms with Gasteiger partial charge in [0.2, 0.25) is 0 Å². The summed E-state index contributed by atoms with van der Waals surface area (Å²) < 4.78 is 27.0. The highest BCUT2D eigenvalue weighted by Crippen LogP contribution is 2.48. The van der Waals surface area contributed by atoms with Gasteiger partial charge in [0.15, 0.2) is 0 Å². The van der Waals surface area contributed by atoms with Crippen molar-refractivity contribution < 1.29 is 23.2 Å². The van der Waals surface area contributed by atoms with E-state index in [1.54, 1.807) is 12.1 Å². The summed E-state index contributed by atoms with van der Waals surface area (Å²) in [7, 11) is -0.996. The number of benzene rings is 1. The zero-order valence-electron chi connectivity index (χ0n) is 9.15. The maximum atomic E-state index is 11.6. The van der Waals surface area contributed by atoms with Crippen molar-refractivity contribution in [3.05, 3.63) is 26.6 Å². The second-order valence-corrected chi connectivity index (χ2v) is 6.59. The molecule has 96 valence electrons. The maximum absolute atomic E-state index is 11.6. The lowest BCUT2D eigenvalue weighted by molar-refractivity contribution is 0.145. The van der Waals surface area contributed by atoms with Gasteiger partial charge in [-0.25, -0.2) is 4.57 Å². The fourth-order valence-electron chi connectivity index (χ4n) is 1.03. The predicted molar refractivity (Wildman–Crippen MR) is 69.9 cm³/mol. The molecule has 0 heterocycles. The highest BCUT2D eigenvalue weighted by Gasteiger charge is 2.22. The van der Waals surface area contributed by atoms with Crippen LogP contribution in [0.15, 0.2) is 21.1 Å². The zero-order valence-corrected chi connectivity index (χ0v) is 13.2. The van der Waals surface area contributed by atoms with Crippen molar-refractivity contribution in [1.29, 1.82) is 0 Å². The SMILES string of the molecule is COP(=O)(OC)OCc1cc(Br)c(O)c(Br)c1. The molecule has 0 aliphatic heterocycles. The molecule has 8 heteroatoms. The summed E-state index contributed by atoms with van der Waals surface area (Å²) in [5, 5.41) is 9.51. The van der Waals surface area contributed by atoms with Gasteiger partial charge in [0.05, 0.1) is 15.6 Å². The molecule has 0 amide bonds. The van der Waals surface area contributed by atoms with Crippen molar-refractivity contribution in [1.82, 2.24) is 0 Å². The molecule has 0 atom stereocenters. The van der Waals surface area contributed by atoms with E-state index in [9.17, 15) is 9.67 Å². The Bertz CT molecular complexity index is 420. The Balaban J connectivity index is 2.80. The molecule has 0 bridgehead atoms. The third-order valence-electron chi connectivity index (χ3n) is 1.91. The van der Waals surface area contributed by atoms with Gasteiger partial charge in [0.25, 0.3) is 0 Å². The van der Waals surface area contributed by atoms with Crippen LogP contribution in [-0.4, -0.2) is 19.3 Å². The summed E-state index contributed by atoms with van der Waals surface area (Å²) in [6, 6.07) is 3.30. The Morgan fingerprint density at radius 3 is 2.12 bits per heavy atom. The molecular formula is C9H11Br2O5P. The monoisotopic (exact) mass is 388 g/mol. The van der Waals surface area contributed by atoms with E-state index in [2.05, 4.69) is 40.9 Å². The van der Waals surface area contributed by atoms with Gasteiger partial charge in [-0.05, 0) is 49.6 Å². The largest absolute Gasteiger partial charge is 0.506 e. The van der Waals surface area contributed by atoms with Crippen molar-refractivity contribution in [2.24, 2.45) is 0 Å². The number of phosphoric acid groups is 1. The molecule has 0 saturated heterocycles. The van der Waals surface area contributed by atoms with Gasteiger partial charge in [-0.2, -0.15) is 0 Å². The lowest BCUT2D eigenvalue weighted by Crippen LogP contribution is -1.96. The van der Waals surface area contributed by atoms with Crippen LogP contribution in [0.4, 0.5) is 0 Å². The molecule has 1 aromatic carbocycles. The number of hydrogen-bond acceptors (Lipinski definition) is 5. The van der Waals surface area contributed by atoms with Gasteiger partial charge in [-0.3, -0.25) is 13.6 Å². The van der Waals surface area contributed by atoms with Crippen LogP contribution >= 0.6 is 39.7 Å². The predicted octanol–water partition coefficient (Wildman–Crippen LogP) is 3.83. The quantitative estimate of drug-likeness (QED) is 0.775. The molecule has 0 unspecified atom stereocenters. The third kappa shape index (κ3) is 4.05. The molecule has 0 radical (unpaired) electrons. The third-order valence-corrected chi connectivity index (χ3v) is 4.46. The summed E-state index contributed by atoms with van der Waals surface area (Å²) in [5.74, 6) is 0.0930. The molecule has 0 saturated carbocycles. The molecule has 17 heavy (non-hydrogen) atoms. The van der Waals surface area contributed by atoms with E-state index in [0.29, 0.717) is 14.5 Å². The number of phenolic OH excluding ortho intramolecular Hbond substituents is 1. The van der Waals surface area contributed by atoms with Crippen LogP contribution in [0.5, 0.6) is 5.75 Å². The highest BCUT2D eigenvalue weighted by molar-refractivity contribution is 9.11. The first-order chi connectivity index (χ1) is 7.91. The lowest BCUT2D eigenvalue weighted by atomic mass is 10.2. The molecule has 0 aromatic heterocycles. The number of halogens is 2. The van der Waals surface area contributed by atoms with E-state index in [1.807, 2.05) is 0 Å². The number of phenols is 1. The van der Waals surface area contributed by atoms with Gasteiger partial charge in [0.1, 0.15) is 5.75 Å². The average Bonchev–Trinajstić information content (AvgIpc) is 2.32. The van der Waals surface area contributed by atoms with Crippen LogP contribution < -0.4 is 0 Å². The molecule has 1 N–H and O–H groups in total. The van der Waals surface area contributed by atoms with Crippen LogP contribution in [0.25, 0.3) is 0 Å². The van der Waals surface area contributed by atoms with Crippen molar-refractivity contribution in [2.45, 2.75) is 6.61 Å². The minimum atomic E-state index is -3.48. The fraction of sp³-hybridized carbons (Fsp3) is 0.333. The zero-order chi connectivity index (χ0) is 13.1. The molecular weight excluding hydrogens is 379 g/mol. The van der Waals surface area contributed by atoms with Crippen LogP contribution in [-0.2, 0) is 24.7 Å². The molecule has 0 aliphatic rings. The normalized spacial score (nSPS) is 11.8. The van der Waals surface area contributed by atoms with Crippen LogP contribution in [0, 0.1) is 0 Å². The number of rotatable bonds is 5. The Hall–Kier alpha value is 0.0900. The topological polar surface area (TPSA) is 65.0 Å². The van der Waals surface area contributed by atoms with E-state index in [1.165, 1.54) is 14.2 Å². The van der Waals surface area contributed by atoms with Gasteiger partial charge in [-0.15, -0.1) is 0 Å². The first-order valence-electron chi connectivity index (χ1n) is 4.45. The van der Waals surface area contributed by atoms with E-state index < -0.39 is 7.82 Å². The van der Waals surface area contributed by atoms with E-state index in [0.717, 1.165) is 0 Å². The average molecular weight is 390 g/mol. The molecule has 0 fully saturated rings. The summed E-state index contributed by atoms with van der Waals surface area (Å²) in [5.41, 5.74) is 0.705. The van der Waals surface area contributed by atoms with Crippen molar-refractivity contribution in [3.63, 3.8) is 0 Å². The van der Waals surface area contributed by atoms with Crippen molar-refractivity contribution in [3.8, 4) is 5.75 Å². The van der Waals surface area contributed by atoms with Crippen molar-refractivity contribution in [2.75, 3.05) is 14.2 Å². The highest BCUT2D eigenvalue weighted by atomic mass is 79.9. The van der Waals surface area contributed by atoms with Crippen LogP contribution in [0.2, 0.25) is 0 Å². The van der Waals surface area contributed by atoms with E-state index >= 15 is 0 Å². The number of aromatic hydroxyl groups is 1.